The Kier molecular flexibility index (Phi) is 9.33. The van der Waals surface area contributed by atoms with Gasteiger partial charge in [0.15, 0.2) is 11.5 Å². The van der Waals surface area contributed by atoms with E-state index in [1.807, 2.05) is 4.83 Å². The van der Waals surface area contributed by atoms with Crippen LogP contribution in [0, 0.1) is 0 Å². The highest BCUT2D eigenvalue weighted by Gasteiger charge is 2.17. The molecule has 2 rings (SSSR count). The Morgan fingerprint density at radius 2 is 1.74 bits per heavy atom. The lowest BCUT2D eigenvalue weighted by Crippen LogP contribution is -2.19. The van der Waals surface area contributed by atoms with Gasteiger partial charge < -0.3 is 14.2 Å². The second-order valence-corrected chi connectivity index (χ2v) is 8.30. The molecule has 0 radical (unpaired) electrons. The molecular formula is C22H28N2O6S. The monoisotopic (exact) mass is 448 g/mol. The lowest BCUT2D eigenvalue weighted by atomic mass is 10.1. The van der Waals surface area contributed by atoms with Crippen molar-refractivity contribution in [3.05, 3.63) is 48.0 Å². The molecule has 2 aromatic carbocycles. The van der Waals surface area contributed by atoms with Crippen LogP contribution in [0.1, 0.15) is 43.0 Å². The van der Waals surface area contributed by atoms with Crippen LogP contribution in [0.4, 0.5) is 0 Å². The van der Waals surface area contributed by atoms with Crippen molar-refractivity contribution in [1.82, 2.24) is 4.83 Å². The van der Waals surface area contributed by atoms with Gasteiger partial charge in [-0.1, -0.05) is 38.3 Å². The molecule has 0 atom stereocenters. The summed E-state index contributed by atoms with van der Waals surface area (Å²) in [5.74, 6) is 0.624. The van der Waals surface area contributed by atoms with Crippen LogP contribution in [0.2, 0.25) is 0 Å². The first-order valence-corrected chi connectivity index (χ1v) is 11.4. The lowest BCUT2D eigenvalue weighted by molar-refractivity contribution is 0.106. The zero-order valence-electron chi connectivity index (χ0n) is 18.0. The molecule has 9 heteroatoms. The van der Waals surface area contributed by atoms with E-state index in [0.29, 0.717) is 23.7 Å². The number of Topliss-reactive ketones (excluding diaryl/α,β-unsaturated/α-hetero) is 1. The number of carbonyl (C=O) groups is 1. The van der Waals surface area contributed by atoms with E-state index < -0.39 is 15.8 Å². The predicted molar refractivity (Wildman–Crippen MR) is 119 cm³/mol. The summed E-state index contributed by atoms with van der Waals surface area (Å²) in [6.45, 7) is 2.64. The first kappa shape index (κ1) is 24.2. The van der Waals surface area contributed by atoms with Crippen LogP contribution in [-0.2, 0) is 10.0 Å². The molecule has 1 N–H and O–H groups in total. The molecule has 0 heterocycles. The first-order valence-electron chi connectivity index (χ1n) is 9.96. The average molecular weight is 449 g/mol. The number of nitrogens with one attached hydrogen (secondary N) is 1. The van der Waals surface area contributed by atoms with Crippen molar-refractivity contribution >= 4 is 22.0 Å². The highest BCUT2D eigenvalue weighted by molar-refractivity contribution is 7.89. The van der Waals surface area contributed by atoms with Gasteiger partial charge in [-0.2, -0.15) is 18.4 Å². The number of hydrazone groups is 1. The maximum Gasteiger partial charge on any atom is 0.276 e. The van der Waals surface area contributed by atoms with Crippen LogP contribution in [0.3, 0.4) is 0 Å². The smallest absolute Gasteiger partial charge is 0.276 e. The van der Waals surface area contributed by atoms with E-state index in [9.17, 15) is 13.2 Å². The topological polar surface area (TPSA) is 103 Å². The van der Waals surface area contributed by atoms with E-state index in [1.54, 1.807) is 24.3 Å². The number of sulfonamides is 1. The summed E-state index contributed by atoms with van der Waals surface area (Å²) in [4.78, 5) is 14.5. The average Bonchev–Trinajstić information content (AvgIpc) is 2.78. The molecule has 0 saturated heterocycles. The molecule has 2 aromatic rings. The number of rotatable bonds is 13. The van der Waals surface area contributed by atoms with E-state index >= 15 is 0 Å². The van der Waals surface area contributed by atoms with Crippen LogP contribution in [0.15, 0.2) is 52.5 Å². The Hall–Kier alpha value is -3.07. The van der Waals surface area contributed by atoms with Crippen LogP contribution in [0.5, 0.6) is 17.2 Å². The van der Waals surface area contributed by atoms with Crippen molar-refractivity contribution in [2.45, 2.75) is 37.5 Å². The number of hydrogen-bond acceptors (Lipinski definition) is 7. The van der Waals surface area contributed by atoms with Gasteiger partial charge in [0, 0.05) is 6.07 Å². The molecule has 0 aliphatic heterocycles. The summed E-state index contributed by atoms with van der Waals surface area (Å²) >= 11 is 0. The molecule has 0 saturated carbocycles. The van der Waals surface area contributed by atoms with Crippen molar-refractivity contribution in [1.29, 1.82) is 0 Å². The number of unbranched alkanes of at least 4 members (excludes halogenated alkanes) is 3. The van der Waals surface area contributed by atoms with Gasteiger partial charge >= 0.3 is 0 Å². The molecule has 0 amide bonds. The van der Waals surface area contributed by atoms with Crippen LogP contribution in [-0.4, -0.2) is 41.2 Å². The number of nitrogens with zero attached hydrogens (tertiary/aromatic N) is 1. The molecule has 0 spiro atoms. The van der Waals surface area contributed by atoms with Gasteiger partial charge in [-0.15, -0.1) is 0 Å². The van der Waals surface area contributed by atoms with E-state index in [1.165, 1.54) is 32.4 Å². The maximum atomic E-state index is 12.5. The fourth-order valence-corrected chi connectivity index (χ4v) is 3.57. The normalized spacial score (nSPS) is 11.3. The molecule has 0 unspecified atom stereocenters. The standard InChI is InChI=1S/C22H28N2O6S/c1-4-5-6-9-14-30-20-11-8-7-10-18(20)19(25)16-23-24-31(26,27)17-12-13-21(28-2)22(15-17)29-3/h7-8,10-13,15-16,24H,4-6,9,14H2,1-3H3/b23-16+. The van der Waals surface area contributed by atoms with Crippen molar-refractivity contribution in [3.63, 3.8) is 0 Å². The van der Waals surface area contributed by atoms with E-state index in [0.717, 1.165) is 31.9 Å². The fourth-order valence-electron chi connectivity index (χ4n) is 2.77. The Bertz CT molecular complexity index is 1000. The third-order valence-corrected chi connectivity index (χ3v) is 5.65. The third kappa shape index (κ3) is 6.99. The Morgan fingerprint density at radius 3 is 2.45 bits per heavy atom. The molecule has 168 valence electrons. The minimum Gasteiger partial charge on any atom is -0.493 e. The van der Waals surface area contributed by atoms with Crippen molar-refractivity contribution in [2.24, 2.45) is 5.10 Å². The van der Waals surface area contributed by atoms with Gasteiger partial charge in [0.1, 0.15) is 5.75 Å². The highest BCUT2D eigenvalue weighted by atomic mass is 32.2. The quantitative estimate of drug-likeness (QED) is 0.216. The molecule has 0 aliphatic carbocycles. The summed E-state index contributed by atoms with van der Waals surface area (Å²) in [6, 6.07) is 10.9. The number of benzene rings is 2. The summed E-state index contributed by atoms with van der Waals surface area (Å²) in [5.41, 5.74) is 0.312. The maximum absolute atomic E-state index is 12.5. The third-order valence-electron chi connectivity index (χ3n) is 4.43. The summed E-state index contributed by atoms with van der Waals surface area (Å²) < 4.78 is 40.8. The van der Waals surface area contributed by atoms with Gasteiger partial charge in [-0.05, 0) is 30.7 Å². The molecule has 0 fully saturated rings. The summed E-state index contributed by atoms with van der Waals surface area (Å²) in [5, 5.41) is 3.62. The fraction of sp³-hybridized carbons (Fsp3) is 0.364. The van der Waals surface area contributed by atoms with Crippen molar-refractivity contribution in [3.8, 4) is 17.2 Å². The molecule has 31 heavy (non-hydrogen) atoms. The first-order chi connectivity index (χ1) is 14.9. The molecule has 8 nitrogen and oxygen atoms in total. The predicted octanol–water partition coefficient (Wildman–Crippen LogP) is 3.81. The van der Waals surface area contributed by atoms with Gasteiger partial charge in [0.25, 0.3) is 10.0 Å². The Labute approximate surface area is 183 Å². The lowest BCUT2D eigenvalue weighted by Gasteiger charge is -2.10. The minimum absolute atomic E-state index is 0.0782. The van der Waals surface area contributed by atoms with Gasteiger partial charge in [0.2, 0.25) is 5.78 Å². The molecular weight excluding hydrogens is 420 g/mol. The number of ether oxygens (including phenoxy) is 3. The minimum atomic E-state index is -4.00. The van der Waals surface area contributed by atoms with Gasteiger partial charge in [-0.25, -0.2) is 0 Å². The summed E-state index contributed by atoms with van der Waals surface area (Å²) in [6.07, 6.45) is 5.14. The number of methoxy groups -OCH3 is 2. The number of para-hydroxylation sites is 1. The van der Waals surface area contributed by atoms with Crippen molar-refractivity contribution in [2.75, 3.05) is 20.8 Å². The zero-order chi connectivity index (χ0) is 22.7. The second kappa shape index (κ2) is 11.9. The van der Waals surface area contributed by atoms with Gasteiger partial charge in [-0.3, -0.25) is 4.79 Å². The largest absolute Gasteiger partial charge is 0.493 e. The molecule has 0 bridgehead atoms. The molecule has 0 aliphatic rings. The van der Waals surface area contributed by atoms with Crippen LogP contribution in [0.25, 0.3) is 0 Å². The van der Waals surface area contributed by atoms with Crippen LogP contribution >= 0.6 is 0 Å². The number of ketones is 1. The van der Waals surface area contributed by atoms with Crippen LogP contribution < -0.4 is 19.0 Å². The van der Waals surface area contributed by atoms with E-state index in [2.05, 4.69) is 12.0 Å². The second-order valence-electron chi connectivity index (χ2n) is 6.64. The SMILES string of the molecule is CCCCCCOc1ccccc1C(=O)/C=N/NS(=O)(=O)c1ccc(OC)c(OC)c1. The number of hydrogen-bond donors (Lipinski definition) is 1. The Morgan fingerprint density at radius 1 is 1.00 bits per heavy atom. The summed E-state index contributed by atoms with van der Waals surface area (Å²) in [7, 11) is -1.14. The number of carbonyl (C=O) groups excluding carboxylic acids is 1. The zero-order valence-corrected chi connectivity index (χ0v) is 18.8. The van der Waals surface area contributed by atoms with E-state index in [4.69, 9.17) is 14.2 Å². The van der Waals surface area contributed by atoms with Gasteiger partial charge in [0.05, 0.1) is 37.5 Å². The van der Waals surface area contributed by atoms with E-state index in [-0.39, 0.29) is 10.6 Å². The highest BCUT2D eigenvalue weighted by Crippen LogP contribution is 2.29. The molecule has 0 aromatic heterocycles. The Balaban J connectivity index is 2.05. The van der Waals surface area contributed by atoms with Crippen molar-refractivity contribution < 1.29 is 27.4 Å².